The summed E-state index contributed by atoms with van der Waals surface area (Å²) in [7, 11) is 0. The summed E-state index contributed by atoms with van der Waals surface area (Å²) < 4.78 is 1.93. The van der Waals surface area contributed by atoms with Gasteiger partial charge in [-0.1, -0.05) is 19.1 Å². The smallest absolute Gasteiger partial charge is 0.165 e. The molecule has 0 aliphatic heterocycles. The van der Waals surface area contributed by atoms with Crippen molar-refractivity contribution in [2.75, 3.05) is 5.73 Å². The Morgan fingerprint density at radius 1 is 1.36 bits per heavy atom. The maximum atomic E-state index is 5.55. The van der Waals surface area contributed by atoms with Gasteiger partial charge in [-0.05, 0) is 31.1 Å². The number of nitrogens with two attached hydrogens (primary N) is 1. The molecule has 0 aromatic carbocycles. The van der Waals surface area contributed by atoms with Crippen molar-refractivity contribution in [3.8, 4) is 0 Å². The maximum Gasteiger partial charge on any atom is 0.165 e. The molecule has 4 heteroatoms. The van der Waals surface area contributed by atoms with E-state index >= 15 is 0 Å². The molecule has 1 heterocycles. The summed E-state index contributed by atoms with van der Waals surface area (Å²) in [6, 6.07) is 0.506. The first kappa shape index (κ1) is 9.49. The van der Waals surface area contributed by atoms with Crippen molar-refractivity contribution in [1.29, 1.82) is 0 Å². The molecule has 14 heavy (non-hydrogen) atoms. The fraction of sp³-hybridized carbons (Fsp3) is 0.800. The molecule has 2 rings (SSSR count). The third-order valence-corrected chi connectivity index (χ3v) is 3.47. The van der Waals surface area contributed by atoms with Gasteiger partial charge in [-0.3, -0.25) is 0 Å². The van der Waals surface area contributed by atoms with E-state index in [1.165, 1.54) is 19.3 Å². The van der Waals surface area contributed by atoms with Gasteiger partial charge in [-0.25, -0.2) is 4.68 Å². The molecule has 3 atom stereocenters. The average molecular weight is 194 g/mol. The minimum absolute atomic E-state index is 0.506. The van der Waals surface area contributed by atoms with Gasteiger partial charge in [-0.15, -0.1) is 5.10 Å². The highest BCUT2D eigenvalue weighted by Gasteiger charge is 2.26. The minimum atomic E-state index is 0.506. The first-order valence-corrected chi connectivity index (χ1v) is 5.34. The van der Waals surface area contributed by atoms with Crippen molar-refractivity contribution >= 4 is 5.82 Å². The summed E-state index contributed by atoms with van der Waals surface area (Å²) in [5.41, 5.74) is 5.55. The molecule has 4 nitrogen and oxygen atoms in total. The van der Waals surface area contributed by atoms with Crippen LogP contribution in [0.5, 0.6) is 0 Å². The van der Waals surface area contributed by atoms with Crippen LogP contribution in [-0.2, 0) is 0 Å². The summed E-state index contributed by atoms with van der Waals surface area (Å²) in [6.07, 6.45) is 5.53. The zero-order valence-corrected chi connectivity index (χ0v) is 8.85. The van der Waals surface area contributed by atoms with Crippen LogP contribution < -0.4 is 5.73 Å². The van der Waals surface area contributed by atoms with Gasteiger partial charge in [-0.2, -0.15) is 0 Å². The molecule has 2 N–H and O–H groups in total. The summed E-state index contributed by atoms with van der Waals surface area (Å²) in [4.78, 5) is 0. The summed E-state index contributed by atoms with van der Waals surface area (Å²) in [6.45, 7) is 4.65. The van der Waals surface area contributed by atoms with Gasteiger partial charge in [0.15, 0.2) is 5.82 Å². The van der Waals surface area contributed by atoms with E-state index in [1.54, 1.807) is 0 Å². The van der Waals surface area contributed by atoms with E-state index in [0.717, 1.165) is 11.8 Å². The highest BCUT2D eigenvalue weighted by Crippen LogP contribution is 2.35. The van der Waals surface area contributed by atoms with Crippen LogP contribution >= 0.6 is 0 Å². The van der Waals surface area contributed by atoms with Crippen molar-refractivity contribution in [1.82, 2.24) is 15.0 Å². The van der Waals surface area contributed by atoms with Crippen LogP contribution in [0.3, 0.4) is 0 Å². The van der Waals surface area contributed by atoms with Crippen LogP contribution in [0.4, 0.5) is 5.82 Å². The second kappa shape index (κ2) is 3.59. The number of nitrogen functional groups attached to an aromatic ring is 1. The van der Waals surface area contributed by atoms with Crippen molar-refractivity contribution in [3.05, 3.63) is 6.20 Å². The summed E-state index contributed by atoms with van der Waals surface area (Å²) in [5, 5.41) is 7.87. The largest absolute Gasteiger partial charge is 0.381 e. The van der Waals surface area contributed by atoms with Crippen molar-refractivity contribution in [2.24, 2.45) is 11.8 Å². The van der Waals surface area contributed by atoms with Crippen LogP contribution in [0, 0.1) is 11.8 Å². The number of rotatable bonds is 1. The van der Waals surface area contributed by atoms with Crippen molar-refractivity contribution in [3.63, 3.8) is 0 Å². The Kier molecular flexibility index (Phi) is 2.44. The summed E-state index contributed by atoms with van der Waals surface area (Å²) >= 11 is 0. The standard InChI is InChI=1S/C10H18N4/c1-7-3-4-9(5-8(7)2)14-6-10(11)12-13-14/h6-9H,3-5,11H2,1-2H3. The molecule has 0 spiro atoms. The number of hydrogen-bond donors (Lipinski definition) is 1. The zero-order chi connectivity index (χ0) is 10.1. The minimum Gasteiger partial charge on any atom is -0.381 e. The third kappa shape index (κ3) is 1.74. The number of nitrogens with zero attached hydrogens (tertiary/aromatic N) is 3. The van der Waals surface area contributed by atoms with E-state index in [4.69, 9.17) is 5.73 Å². The first-order valence-electron chi connectivity index (χ1n) is 5.34. The Labute approximate surface area is 84.5 Å². The maximum absolute atomic E-state index is 5.55. The molecule has 78 valence electrons. The topological polar surface area (TPSA) is 56.7 Å². The van der Waals surface area contributed by atoms with E-state index < -0.39 is 0 Å². The molecule has 1 aliphatic carbocycles. The van der Waals surface area contributed by atoms with Crippen LogP contribution in [0.2, 0.25) is 0 Å². The molecular weight excluding hydrogens is 176 g/mol. The Bertz CT molecular complexity index is 307. The lowest BCUT2D eigenvalue weighted by molar-refractivity contribution is 0.199. The van der Waals surface area contributed by atoms with Gasteiger partial charge in [0.05, 0.1) is 12.2 Å². The van der Waals surface area contributed by atoms with Crippen LogP contribution in [0.1, 0.15) is 39.2 Å². The second-order valence-corrected chi connectivity index (χ2v) is 4.54. The van der Waals surface area contributed by atoms with Crippen LogP contribution in [0.15, 0.2) is 6.20 Å². The van der Waals surface area contributed by atoms with Gasteiger partial charge in [0.25, 0.3) is 0 Å². The first-order chi connectivity index (χ1) is 6.66. The molecule has 1 aromatic rings. The fourth-order valence-corrected chi connectivity index (χ4v) is 2.23. The average Bonchev–Trinajstić information content (AvgIpc) is 2.57. The lowest BCUT2D eigenvalue weighted by Gasteiger charge is -2.31. The molecule has 0 bridgehead atoms. The Hall–Kier alpha value is -1.06. The normalized spacial score (nSPS) is 33.1. The van der Waals surface area contributed by atoms with E-state index in [2.05, 4.69) is 24.2 Å². The quantitative estimate of drug-likeness (QED) is 0.742. The Balaban J connectivity index is 2.06. The van der Waals surface area contributed by atoms with Gasteiger partial charge >= 0.3 is 0 Å². The molecule has 0 radical (unpaired) electrons. The number of hydrogen-bond acceptors (Lipinski definition) is 3. The highest BCUT2D eigenvalue weighted by molar-refractivity contribution is 5.20. The molecular formula is C10H18N4. The highest BCUT2D eigenvalue weighted by atomic mass is 15.4. The van der Waals surface area contributed by atoms with Crippen LogP contribution in [0.25, 0.3) is 0 Å². The van der Waals surface area contributed by atoms with Gasteiger partial charge in [0, 0.05) is 0 Å². The fourth-order valence-electron chi connectivity index (χ4n) is 2.23. The molecule has 3 unspecified atom stereocenters. The lowest BCUT2D eigenvalue weighted by atomic mass is 9.79. The lowest BCUT2D eigenvalue weighted by Crippen LogP contribution is -2.23. The van der Waals surface area contributed by atoms with Gasteiger partial charge in [0.1, 0.15) is 0 Å². The number of anilines is 1. The molecule has 1 fully saturated rings. The van der Waals surface area contributed by atoms with Gasteiger partial charge in [0.2, 0.25) is 0 Å². The van der Waals surface area contributed by atoms with E-state index in [9.17, 15) is 0 Å². The monoisotopic (exact) mass is 194 g/mol. The molecule has 0 saturated heterocycles. The van der Waals surface area contributed by atoms with Crippen molar-refractivity contribution in [2.45, 2.75) is 39.2 Å². The Morgan fingerprint density at radius 3 is 2.71 bits per heavy atom. The predicted molar refractivity (Wildman–Crippen MR) is 55.7 cm³/mol. The molecule has 1 aromatic heterocycles. The predicted octanol–water partition coefficient (Wildman–Crippen LogP) is 1.86. The number of aromatic nitrogens is 3. The zero-order valence-electron chi connectivity index (χ0n) is 8.85. The SMILES string of the molecule is CC1CCC(n2cc(N)nn2)CC1C. The molecule has 1 saturated carbocycles. The van der Waals surface area contributed by atoms with Crippen molar-refractivity contribution < 1.29 is 0 Å². The second-order valence-electron chi connectivity index (χ2n) is 4.54. The van der Waals surface area contributed by atoms with Gasteiger partial charge < -0.3 is 5.73 Å². The molecule has 1 aliphatic rings. The van der Waals surface area contributed by atoms with Crippen LogP contribution in [-0.4, -0.2) is 15.0 Å². The van der Waals surface area contributed by atoms with E-state index in [0.29, 0.717) is 11.9 Å². The van der Waals surface area contributed by atoms with E-state index in [-0.39, 0.29) is 0 Å². The summed E-state index contributed by atoms with van der Waals surface area (Å²) in [5.74, 6) is 2.14. The third-order valence-electron chi connectivity index (χ3n) is 3.47. The molecule has 0 amide bonds. The Morgan fingerprint density at radius 2 is 2.14 bits per heavy atom. The van der Waals surface area contributed by atoms with E-state index in [1.807, 2.05) is 10.9 Å².